The van der Waals surface area contributed by atoms with Crippen LogP contribution in [0.4, 0.5) is 0 Å². The second-order valence-corrected chi connectivity index (χ2v) is 5.55. The second-order valence-electron chi connectivity index (χ2n) is 5.55. The first-order chi connectivity index (χ1) is 8.88. The largest absolute Gasteiger partial charge is 0.338 e. The number of nitrogens with one attached hydrogen (secondary N) is 1. The first-order valence-electron chi connectivity index (χ1n) is 6.91. The normalized spacial score (nSPS) is 35.0. The van der Waals surface area contributed by atoms with Crippen LogP contribution >= 0.6 is 0 Å². The monoisotopic (exact) mass is 249 g/mol. The second kappa shape index (κ2) is 4.29. The summed E-state index contributed by atoms with van der Waals surface area (Å²) in [4.78, 5) is 9.51. The van der Waals surface area contributed by atoms with Crippen molar-refractivity contribution in [3.05, 3.63) is 11.7 Å². The Hall–Kier alpha value is -0.980. The van der Waals surface area contributed by atoms with E-state index in [4.69, 9.17) is 4.52 Å². The van der Waals surface area contributed by atoms with Crippen LogP contribution in [-0.4, -0.2) is 58.7 Å². The summed E-state index contributed by atoms with van der Waals surface area (Å²) in [5, 5.41) is 7.57. The topological polar surface area (TPSA) is 57.4 Å². The number of piperazine rings is 3. The van der Waals surface area contributed by atoms with Crippen molar-refractivity contribution in [3.63, 3.8) is 0 Å². The average molecular weight is 249 g/mol. The Morgan fingerprint density at radius 3 is 2.72 bits per heavy atom. The summed E-state index contributed by atoms with van der Waals surface area (Å²) in [5.41, 5.74) is 0. The summed E-state index contributed by atoms with van der Waals surface area (Å²) in [5.74, 6) is 1.60. The van der Waals surface area contributed by atoms with E-state index in [1.807, 2.05) is 0 Å². The van der Waals surface area contributed by atoms with Crippen LogP contribution in [0.25, 0.3) is 0 Å². The Balaban J connectivity index is 1.44. The molecule has 4 aliphatic rings. The summed E-state index contributed by atoms with van der Waals surface area (Å²) in [6.45, 7) is 6.40. The summed E-state index contributed by atoms with van der Waals surface area (Å²) < 4.78 is 5.33. The van der Waals surface area contributed by atoms with Crippen molar-refractivity contribution in [2.75, 3.05) is 32.7 Å². The lowest BCUT2D eigenvalue weighted by atomic mass is 10.1. The molecule has 1 saturated carbocycles. The van der Waals surface area contributed by atoms with Gasteiger partial charge < -0.3 is 9.84 Å². The molecule has 98 valence electrons. The molecule has 1 aromatic heterocycles. The Labute approximate surface area is 106 Å². The molecule has 1 aliphatic carbocycles. The zero-order valence-electron chi connectivity index (χ0n) is 10.5. The molecule has 6 nitrogen and oxygen atoms in total. The smallest absolute Gasteiger partial charge is 0.240 e. The molecule has 1 unspecified atom stereocenters. The van der Waals surface area contributed by atoms with Crippen LogP contribution in [0.1, 0.15) is 30.6 Å². The van der Waals surface area contributed by atoms with E-state index >= 15 is 0 Å². The molecule has 18 heavy (non-hydrogen) atoms. The molecule has 4 fully saturated rings. The Morgan fingerprint density at radius 1 is 1.22 bits per heavy atom. The predicted molar refractivity (Wildman–Crippen MR) is 64.9 cm³/mol. The number of rotatable bonds is 4. The van der Waals surface area contributed by atoms with Crippen LogP contribution in [0.15, 0.2) is 4.52 Å². The van der Waals surface area contributed by atoms with Crippen molar-refractivity contribution in [1.82, 2.24) is 25.3 Å². The molecule has 0 amide bonds. The van der Waals surface area contributed by atoms with Crippen molar-refractivity contribution in [2.24, 2.45) is 0 Å². The molecule has 0 spiro atoms. The fourth-order valence-electron chi connectivity index (χ4n) is 2.86. The van der Waals surface area contributed by atoms with Gasteiger partial charge in [0.05, 0.1) is 12.6 Å². The minimum Gasteiger partial charge on any atom is -0.338 e. The Bertz CT molecular complexity index is 422. The molecular formula is C12H19N5O. The van der Waals surface area contributed by atoms with Gasteiger partial charge in [0.2, 0.25) is 5.89 Å². The maximum atomic E-state index is 5.33. The van der Waals surface area contributed by atoms with E-state index in [2.05, 4.69) is 25.3 Å². The SMILES string of the molecule is C(NC1CC1)c1nc(C2CN3CCN2CC3)no1. The highest BCUT2D eigenvalue weighted by Gasteiger charge is 2.35. The van der Waals surface area contributed by atoms with Crippen LogP contribution in [-0.2, 0) is 6.54 Å². The summed E-state index contributed by atoms with van der Waals surface area (Å²) in [7, 11) is 0. The van der Waals surface area contributed by atoms with Crippen molar-refractivity contribution < 1.29 is 4.52 Å². The van der Waals surface area contributed by atoms with E-state index in [1.54, 1.807) is 0 Å². The van der Waals surface area contributed by atoms with Crippen molar-refractivity contribution in [2.45, 2.75) is 31.5 Å². The van der Waals surface area contributed by atoms with Crippen LogP contribution in [0, 0.1) is 0 Å². The minimum atomic E-state index is 0.339. The molecule has 3 aliphatic heterocycles. The van der Waals surface area contributed by atoms with E-state index in [9.17, 15) is 0 Å². The van der Waals surface area contributed by atoms with E-state index in [1.165, 1.54) is 25.9 Å². The third-order valence-corrected chi connectivity index (χ3v) is 4.18. The summed E-state index contributed by atoms with van der Waals surface area (Å²) >= 11 is 0. The Kier molecular flexibility index (Phi) is 2.60. The highest BCUT2D eigenvalue weighted by molar-refractivity contribution is 5.01. The van der Waals surface area contributed by atoms with Gasteiger partial charge in [-0.2, -0.15) is 4.98 Å². The first-order valence-corrected chi connectivity index (χ1v) is 6.91. The molecule has 3 saturated heterocycles. The van der Waals surface area contributed by atoms with Crippen LogP contribution in [0.5, 0.6) is 0 Å². The molecular weight excluding hydrogens is 230 g/mol. The average Bonchev–Trinajstić information content (AvgIpc) is 3.15. The van der Waals surface area contributed by atoms with Gasteiger partial charge in [0, 0.05) is 38.8 Å². The molecule has 1 atom stereocenters. The third-order valence-electron chi connectivity index (χ3n) is 4.18. The van der Waals surface area contributed by atoms with Gasteiger partial charge in [0.1, 0.15) is 0 Å². The summed E-state index contributed by atoms with van der Waals surface area (Å²) in [6, 6.07) is 1.02. The van der Waals surface area contributed by atoms with Gasteiger partial charge in [-0.3, -0.25) is 9.80 Å². The standard InChI is InChI=1S/C12H19N5O/c1-2-9(1)13-7-11-14-12(15-18-11)10-8-16-3-5-17(10)6-4-16/h9-10,13H,1-8H2. The molecule has 2 bridgehead atoms. The van der Waals surface area contributed by atoms with Gasteiger partial charge in [-0.05, 0) is 12.8 Å². The first kappa shape index (κ1) is 10.9. The van der Waals surface area contributed by atoms with Crippen LogP contribution < -0.4 is 5.32 Å². The van der Waals surface area contributed by atoms with Crippen LogP contribution in [0.2, 0.25) is 0 Å². The quantitative estimate of drug-likeness (QED) is 0.810. The van der Waals surface area contributed by atoms with Gasteiger partial charge in [-0.25, -0.2) is 0 Å². The fraction of sp³-hybridized carbons (Fsp3) is 0.833. The maximum Gasteiger partial charge on any atom is 0.240 e. The lowest BCUT2D eigenvalue weighted by Crippen LogP contribution is -2.57. The lowest BCUT2D eigenvalue weighted by Gasteiger charge is -2.46. The predicted octanol–water partition coefficient (Wildman–Crippen LogP) is -0.00610. The molecule has 6 heteroatoms. The lowest BCUT2D eigenvalue weighted by molar-refractivity contribution is 0.00781. The zero-order valence-corrected chi connectivity index (χ0v) is 10.5. The van der Waals surface area contributed by atoms with Gasteiger partial charge in [-0.1, -0.05) is 5.16 Å². The van der Waals surface area contributed by atoms with Gasteiger partial charge in [0.25, 0.3) is 0 Å². The van der Waals surface area contributed by atoms with Gasteiger partial charge in [-0.15, -0.1) is 0 Å². The van der Waals surface area contributed by atoms with E-state index in [0.29, 0.717) is 18.6 Å². The number of nitrogens with zero attached hydrogens (tertiary/aromatic N) is 4. The van der Waals surface area contributed by atoms with Gasteiger partial charge in [0.15, 0.2) is 5.82 Å². The van der Waals surface area contributed by atoms with Crippen molar-refractivity contribution >= 4 is 0 Å². The van der Waals surface area contributed by atoms with Crippen molar-refractivity contribution in [3.8, 4) is 0 Å². The van der Waals surface area contributed by atoms with Crippen LogP contribution in [0.3, 0.4) is 0 Å². The van der Waals surface area contributed by atoms with E-state index in [0.717, 1.165) is 31.3 Å². The number of hydrogen-bond donors (Lipinski definition) is 1. The molecule has 1 N–H and O–H groups in total. The zero-order chi connectivity index (χ0) is 11.9. The molecule has 5 rings (SSSR count). The number of fused-ring (bicyclic) bond motifs is 3. The third kappa shape index (κ3) is 2.04. The maximum absolute atomic E-state index is 5.33. The molecule has 4 heterocycles. The summed E-state index contributed by atoms with van der Waals surface area (Å²) in [6.07, 6.45) is 2.57. The number of aromatic nitrogens is 2. The van der Waals surface area contributed by atoms with E-state index < -0.39 is 0 Å². The molecule has 0 aromatic carbocycles. The molecule has 1 aromatic rings. The highest BCUT2D eigenvalue weighted by Crippen LogP contribution is 2.27. The fourth-order valence-corrected chi connectivity index (χ4v) is 2.86. The molecule has 0 radical (unpaired) electrons. The van der Waals surface area contributed by atoms with Gasteiger partial charge >= 0.3 is 0 Å². The minimum absolute atomic E-state index is 0.339. The highest BCUT2D eigenvalue weighted by atomic mass is 16.5. The number of hydrogen-bond acceptors (Lipinski definition) is 6. The van der Waals surface area contributed by atoms with E-state index in [-0.39, 0.29) is 0 Å². The Morgan fingerprint density at radius 2 is 2.06 bits per heavy atom. The van der Waals surface area contributed by atoms with Crippen molar-refractivity contribution in [1.29, 1.82) is 0 Å².